The van der Waals surface area contributed by atoms with Crippen molar-refractivity contribution in [1.29, 1.82) is 5.26 Å². The zero-order valence-corrected chi connectivity index (χ0v) is 11.0. The average Bonchev–Trinajstić information content (AvgIpc) is 2.38. The maximum absolute atomic E-state index is 12.9. The smallest absolute Gasteiger partial charge is 0.388 e. The Morgan fingerprint density at radius 3 is 2.21 bits per heavy atom. The van der Waals surface area contributed by atoms with Crippen LogP contribution in [0, 0.1) is 22.7 Å². The van der Waals surface area contributed by atoms with Gasteiger partial charge >= 0.3 is 6.18 Å². The Bertz CT molecular complexity index is 368. The van der Waals surface area contributed by atoms with Gasteiger partial charge in [-0.25, -0.2) is 0 Å². The van der Waals surface area contributed by atoms with E-state index in [9.17, 15) is 23.5 Å². The molecule has 2 fully saturated rings. The van der Waals surface area contributed by atoms with Crippen molar-refractivity contribution in [2.24, 2.45) is 11.3 Å². The molecule has 108 valence electrons. The van der Waals surface area contributed by atoms with E-state index in [0.29, 0.717) is 25.7 Å². The Balaban J connectivity index is 2.23. The highest BCUT2D eigenvalue weighted by Gasteiger charge is 2.56. The van der Waals surface area contributed by atoms with Crippen molar-refractivity contribution in [1.82, 2.24) is 0 Å². The van der Waals surface area contributed by atoms with Gasteiger partial charge in [-0.05, 0) is 38.5 Å². The van der Waals surface area contributed by atoms with Crippen molar-refractivity contribution >= 4 is 0 Å². The molecule has 0 radical (unpaired) electrons. The van der Waals surface area contributed by atoms with Crippen LogP contribution in [0.15, 0.2) is 0 Å². The molecular formula is C14H20F3NO. The van der Waals surface area contributed by atoms with Gasteiger partial charge in [-0.1, -0.05) is 19.3 Å². The van der Waals surface area contributed by atoms with Gasteiger partial charge in [0.15, 0.2) is 0 Å². The Morgan fingerprint density at radius 1 is 1.05 bits per heavy atom. The van der Waals surface area contributed by atoms with Gasteiger partial charge < -0.3 is 5.11 Å². The summed E-state index contributed by atoms with van der Waals surface area (Å²) >= 11 is 0. The van der Waals surface area contributed by atoms with E-state index >= 15 is 0 Å². The SMILES string of the molecule is N#CC1(C2(O)CCCC(C(F)(F)F)C2)CCCCC1. The second-order valence-electron chi connectivity index (χ2n) is 6.12. The van der Waals surface area contributed by atoms with Crippen LogP contribution in [0.25, 0.3) is 0 Å². The van der Waals surface area contributed by atoms with Crippen LogP contribution in [0.5, 0.6) is 0 Å². The summed E-state index contributed by atoms with van der Waals surface area (Å²) < 4.78 is 38.7. The van der Waals surface area contributed by atoms with Crippen LogP contribution >= 0.6 is 0 Å². The van der Waals surface area contributed by atoms with Crippen LogP contribution in [0.1, 0.15) is 57.8 Å². The molecule has 1 N–H and O–H groups in total. The molecule has 0 saturated heterocycles. The van der Waals surface area contributed by atoms with Gasteiger partial charge in [0.25, 0.3) is 0 Å². The third kappa shape index (κ3) is 2.60. The number of halogens is 3. The summed E-state index contributed by atoms with van der Waals surface area (Å²) in [6.07, 6.45) is -0.0924. The topological polar surface area (TPSA) is 44.0 Å². The summed E-state index contributed by atoms with van der Waals surface area (Å²) in [5, 5.41) is 20.2. The molecule has 0 aromatic carbocycles. The average molecular weight is 275 g/mol. The fourth-order valence-corrected chi connectivity index (χ4v) is 3.80. The predicted molar refractivity (Wildman–Crippen MR) is 64.1 cm³/mol. The molecule has 2 atom stereocenters. The molecule has 2 unspecified atom stereocenters. The molecule has 5 heteroatoms. The van der Waals surface area contributed by atoms with Crippen molar-refractivity contribution in [2.75, 3.05) is 0 Å². The van der Waals surface area contributed by atoms with E-state index in [2.05, 4.69) is 6.07 Å². The summed E-state index contributed by atoms with van der Waals surface area (Å²) in [5.41, 5.74) is -2.42. The van der Waals surface area contributed by atoms with E-state index < -0.39 is 23.1 Å². The molecule has 2 nitrogen and oxygen atoms in total. The fourth-order valence-electron chi connectivity index (χ4n) is 3.80. The number of aliphatic hydroxyl groups is 1. The maximum atomic E-state index is 12.9. The molecule has 2 aliphatic rings. The molecule has 2 saturated carbocycles. The van der Waals surface area contributed by atoms with E-state index in [-0.39, 0.29) is 12.8 Å². The van der Waals surface area contributed by atoms with Gasteiger partial charge in [-0.15, -0.1) is 0 Å². The Hall–Kier alpha value is -0.760. The fraction of sp³-hybridized carbons (Fsp3) is 0.929. The van der Waals surface area contributed by atoms with Crippen LogP contribution in [0.2, 0.25) is 0 Å². The minimum atomic E-state index is -4.26. The lowest BCUT2D eigenvalue weighted by molar-refractivity contribution is -0.214. The van der Waals surface area contributed by atoms with E-state index in [1.54, 1.807) is 0 Å². The van der Waals surface area contributed by atoms with E-state index in [1.165, 1.54) is 0 Å². The monoisotopic (exact) mass is 275 g/mol. The highest BCUT2D eigenvalue weighted by atomic mass is 19.4. The highest BCUT2D eigenvalue weighted by molar-refractivity contribution is 5.14. The van der Waals surface area contributed by atoms with Gasteiger partial charge in [0.2, 0.25) is 0 Å². The van der Waals surface area contributed by atoms with Crippen molar-refractivity contribution in [3.05, 3.63) is 0 Å². The first-order valence-electron chi connectivity index (χ1n) is 7.03. The van der Waals surface area contributed by atoms with Crippen molar-refractivity contribution in [3.63, 3.8) is 0 Å². The largest absolute Gasteiger partial charge is 0.391 e. The minimum absolute atomic E-state index is 0.0767. The molecule has 0 aromatic rings. The second kappa shape index (κ2) is 4.97. The first-order chi connectivity index (χ1) is 8.83. The first-order valence-corrected chi connectivity index (χ1v) is 7.03. The lowest BCUT2D eigenvalue weighted by Crippen LogP contribution is -2.53. The standard InChI is InChI=1S/C14H20F3NO/c15-14(16,17)11-5-4-8-13(19,9-11)12(10-18)6-2-1-3-7-12/h11,19H,1-9H2. The van der Waals surface area contributed by atoms with Crippen molar-refractivity contribution in [2.45, 2.75) is 69.6 Å². The summed E-state index contributed by atoms with van der Waals surface area (Å²) in [6, 6.07) is 2.18. The summed E-state index contributed by atoms with van der Waals surface area (Å²) in [7, 11) is 0. The van der Waals surface area contributed by atoms with E-state index in [1.807, 2.05) is 0 Å². The Morgan fingerprint density at radius 2 is 1.68 bits per heavy atom. The molecule has 0 amide bonds. The van der Waals surface area contributed by atoms with Crippen molar-refractivity contribution < 1.29 is 18.3 Å². The Labute approximate surface area is 111 Å². The summed E-state index contributed by atoms with van der Waals surface area (Å²) in [6.45, 7) is 0. The lowest BCUT2D eigenvalue weighted by atomic mass is 9.58. The zero-order chi connectivity index (χ0) is 14.1. The minimum Gasteiger partial charge on any atom is -0.388 e. The van der Waals surface area contributed by atoms with E-state index in [0.717, 1.165) is 19.3 Å². The van der Waals surface area contributed by atoms with Crippen molar-refractivity contribution in [3.8, 4) is 6.07 Å². The van der Waals surface area contributed by atoms with Crippen LogP contribution < -0.4 is 0 Å². The molecule has 0 spiro atoms. The number of hydrogen-bond donors (Lipinski definition) is 1. The number of alkyl halides is 3. The quantitative estimate of drug-likeness (QED) is 0.787. The zero-order valence-electron chi connectivity index (χ0n) is 11.0. The predicted octanol–water partition coefficient (Wildman–Crippen LogP) is 3.94. The molecule has 0 aromatic heterocycles. The summed E-state index contributed by atoms with van der Waals surface area (Å²) in [4.78, 5) is 0. The number of nitrogens with zero attached hydrogens (tertiary/aromatic N) is 1. The third-order valence-corrected chi connectivity index (χ3v) is 5.00. The normalized spacial score (nSPS) is 35.6. The molecule has 2 rings (SSSR count). The van der Waals surface area contributed by atoms with Gasteiger partial charge in [0, 0.05) is 0 Å². The lowest BCUT2D eigenvalue weighted by Gasteiger charge is -2.49. The number of hydrogen-bond acceptors (Lipinski definition) is 2. The third-order valence-electron chi connectivity index (χ3n) is 5.00. The molecular weight excluding hydrogens is 255 g/mol. The maximum Gasteiger partial charge on any atom is 0.391 e. The molecule has 0 bridgehead atoms. The van der Waals surface area contributed by atoms with Crippen LogP contribution in [-0.2, 0) is 0 Å². The van der Waals surface area contributed by atoms with Gasteiger partial charge in [-0.2, -0.15) is 18.4 Å². The molecule has 0 aliphatic heterocycles. The van der Waals surface area contributed by atoms with Gasteiger partial charge in [0.05, 0.1) is 23.0 Å². The molecule has 0 heterocycles. The second-order valence-corrected chi connectivity index (χ2v) is 6.12. The molecule has 2 aliphatic carbocycles. The van der Waals surface area contributed by atoms with Crippen LogP contribution in [0.4, 0.5) is 13.2 Å². The Kier molecular flexibility index (Phi) is 3.83. The highest BCUT2D eigenvalue weighted by Crippen LogP contribution is 2.53. The summed E-state index contributed by atoms with van der Waals surface area (Å²) in [5.74, 6) is -1.46. The van der Waals surface area contributed by atoms with E-state index in [4.69, 9.17) is 0 Å². The first kappa shape index (κ1) is 14.6. The van der Waals surface area contributed by atoms with Crippen LogP contribution in [0.3, 0.4) is 0 Å². The van der Waals surface area contributed by atoms with Gasteiger partial charge in [-0.3, -0.25) is 0 Å². The number of nitriles is 1. The van der Waals surface area contributed by atoms with Crippen LogP contribution in [-0.4, -0.2) is 16.9 Å². The molecule has 19 heavy (non-hydrogen) atoms. The number of rotatable bonds is 1. The van der Waals surface area contributed by atoms with Gasteiger partial charge in [0.1, 0.15) is 0 Å².